The molecule has 2 aromatic carbocycles. The van der Waals surface area contributed by atoms with Gasteiger partial charge in [-0.1, -0.05) is 54.1 Å². The van der Waals surface area contributed by atoms with E-state index in [0.717, 1.165) is 17.5 Å². The van der Waals surface area contributed by atoms with Crippen molar-refractivity contribution >= 4 is 10.0 Å². The fraction of sp³-hybridized carbons (Fsp3) is 0.222. The molecule has 1 atom stereocenters. The molecule has 4 heteroatoms. The van der Waals surface area contributed by atoms with E-state index in [1.807, 2.05) is 37.3 Å². The van der Waals surface area contributed by atoms with Gasteiger partial charge in [-0.3, -0.25) is 0 Å². The van der Waals surface area contributed by atoms with Crippen LogP contribution in [-0.2, 0) is 10.0 Å². The van der Waals surface area contributed by atoms with E-state index in [4.69, 9.17) is 0 Å². The van der Waals surface area contributed by atoms with Crippen LogP contribution < -0.4 is 4.72 Å². The maximum absolute atomic E-state index is 12.6. The number of rotatable bonds is 7. The number of aryl methyl sites for hydroxylation is 1. The molecule has 116 valence electrons. The Morgan fingerprint density at radius 1 is 1.09 bits per heavy atom. The highest BCUT2D eigenvalue weighted by Gasteiger charge is 2.20. The molecule has 3 nitrogen and oxygen atoms in total. The lowest BCUT2D eigenvalue weighted by Gasteiger charge is -2.19. The van der Waals surface area contributed by atoms with Crippen LogP contribution in [-0.4, -0.2) is 8.42 Å². The molecular formula is C18H21NO2S. The van der Waals surface area contributed by atoms with Gasteiger partial charge in [0.25, 0.3) is 0 Å². The van der Waals surface area contributed by atoms with Crippen LogP contribution in [0.1, 0.15) is 30.0 Å². The number of hydrogen-bond donors (Lipinski definition) is 1. The van der Waals surface area contributed by atoms with Crippen LogP contribution in [0.4, 0.5) is 0 Å². The smallest absolute Gasteiger partial charge is 0.207 e. The first-order valence-corrected chi connectivity index (χ1v) is 8.76. The molecule has 0 aromatic heterocycles. The summed E-state index contributed by atoms with van der Waals surface area (Å²) >= 11 is 0. The molecule has 0 saturated heterocycles. The summed E-state index contributed by atoms with van der Waals surface area (Å²) < 4.78 is 27.9. The van der Waals surface area contributed by atoms with Crippen LogP contribution in [0, 0.1) is 6.92 Å². The second-order valence-corrected chi connectivity index (χ2v) is 6.98. The van der Waals surface area contributed by atoms with E-state index >= 15 is 0 Å². The number of allylic oxidation sites excluding steroid dienone is 1. The largest absolute Gasteiger partial charge is 0.241 e. The van der Waals surface area contributed by atoms with E-state index in [9.17, 15) is 8.42 Å². The van der Waals surface area contributed by atoms with Crippen LogP contribution >= 0.6 is 0 Å². The van der Waals surface area contributed by atoms with Crippen molar-refractivity contribution in [1.29, 1.82) is 0 Å². The highest BCUT2D eigenvalue weighted by atomic mass is 32.2. The van der Waals surface area contributed by atoms with Crippen molar-refractivity contribution in [3.8, 4) is 0 Å². The minimum Gasteiger partial charge on any atom is -0.207 e. The van der Waals surface area contributed by atoms with Crippen molar-refractivity contribution in [1.82, 2.24) is 4.72 Å². The summed E-state index contributed by atoms with van der Waals surface area (Å²) in [6.45, 7) is 5.64. The van der Waals surface area contributed by atoms with Gasteiger partial charge in [-0.2, -0.15) is 0 Å². The Bertz CT molecular complexity index is 707. The highest BCUT2D eigenvalue weighted by molar-refractivity contribution is 7.89. The van der Waals surface area contributed by atoms with E-state index in [1.54, 1.807) is 30.3 Å². The molecule has 0 aliphatic rings. The van der Waals surface area contributed by atoms with Crippen LogP contribution in [0.2, 0.25) is 0 Å². The Hall–Kier alpha value is -1.91. The first-order chi connectivity index (χ1) is 10.5. The maximum Gasteiger partial charge on any atom is 0.241 e. The molecule has 0 aliphatic carbocycles. The molecule has 2 aromatic rings. The third kappa shape index (κ3) is 4.29. The lowest BCUT2D eigenvalue weighted by molar-refractivity contribution is 0.542. The van der Waals surface area contributed by atoms with Crippen molar-refractivity contribution in [2.75, 3.05) is 0 Å². The number of hydrogen-bond acceptors (Lipinski definition) is 2. The SMILES string of the molecule is C=CCC[C@H](NS(=O)(=O)c1ccc(C)cc1)c1ccccc1. The summed E-state index contributed by atoms with van der Waals surface area (Å²) in [7, 11) is -3.54. The van der Waals surface area contributed by atoms with Crippen LogP contribution in [0.15, 0.2) is 72.1 Å². The van der Waals surface area contributed by atoms with Crippen molar-refractivity contribution in [3.63, 3.8) is 0 Å². The molecule has 0 aliphatic heterocycles. The molecule has 0 fully saturated rings. The number of sulfonamides is 1. The third-order valence-corrected chi connectivity index (χ3v) is 4.98. The zero-order valence-electron chi connectivity index (χ0n) is 12.7. The van der Waals surface area contributed by atoms with Gasteiger partial charge in [0.2, 0.25) is 10.0 Å². The van der Waals surface area contributed by atoms with E-state index in [-0.39, 0.29) is 10.9 Å². The predicted molar refractivity (Wildman–Crippen MR) is 90.1 cm³/mol. The summed E-state index contributed by atoms with van der Waals surface area (Å²) in [4.78, 5) is 0.289. The number of benzene rings is 2. The van der Waals surface area contributed by atoms with Gasteiger partial charge in [-0.25, -0.2) is 13.1 Å². The molecule has 0 radical (unpaired) electrons. The lowest BCUT2D eigenvalue weighted by atomic mass is 10.0. The van der Waals surface area contributed by atoms with Crippen molar-refractivity contribution < 1.29 is 8.42 Å². The summed E-state index contributed by atoms with van der Waals surface area (Å²) in [6, 6.07) is 16.2. The van der Waals surface area contributed by atoms with E-state index in [2.05, 4.69) is 11.3 Å². The van der Waals surface area contributed by atoms with Crippen molar-refractivity contribution in [2.45, 2.75) is 30.7 Å². The zero-order chi connectivity index (χ0) is 16.0. The Labute approximate surface area is 132 Å². The van der Waals surface area contributed by atoms with Gasteiger partial charge in [0.15, 0.2) is 0 Å². The van der Waals surface area contributed by atoms with Crippen LogP contribution in [0.3, 0.4) is 0 Å². The average molecular weight is 315 g/mol. The quantitative estimate of drug-likeness (QED) is 0.786. The fourth-order valence-electron chi connectivity index (χ4n) is 2.24. The molecule has 0 heterocycles. The van der Waals surface area contributed by atoms with Gasteiger partial charge in [0.1, 0.15) is 0 Å². The molecule has 0 spiro atoms. The topological polar surface area (TPSA) is 46.2 Å². The molecule has 2 rings (SSSR count). The monoisotopic (exact) mass is 315 g/mol. The van der Waals surface area contributed by atoms with Gasteiger partial charge in [-0.05, 0) is 37.5 Å². The van der Waals surface area contributed by atoms with E-state index in [1.165, 1.54) is 0 Å². The second kappa shape index (κ2) is 7.38. The Balaban J connectivity index is 2.25. The summed E-state index contributed by atoms with van der Waals surface area (Å²) in [5.41, 5.74) is 1.99. The zero-order valence-corrected chi connectivity index (χ0v) is 13.5. The second-order valence-electron chi connectivity index (χ2n) is 5.26. The predicted octanol–water partition coefficient (Wildman–Crippen LogP) is 3.98. The van der Waals surface area contributed by atoms with Gasteiger partial charge in [0, 0.05) is 6.04 Å². The maximum atomic E-state index is 12.6. The van der Waals surface area contributed by atoms with Crippen LogP contribution in [0.25, 0.3) is 0 Å². The first-order valence-electron chi connectivity index (χ1n) is 7.28. The normalized spacial score (nSPS) is 12.8. The standard InChI is InChI=1S/C18H21NO2S/c1-3-4-10-18(16-8-6-5-7-9-16)19-22(20,21)17-13-11-15(2)12-14-17/h3,5-9,11-14,18-19H,1,4,10H2,2H3/t18-/m0/s1. The molecule has 22 heavy (non-hydrogen) atoms. The van der Waals surface area contributed by atoms with Crippen molar-refractivity contribution in [2.24, 2.45) is 0 Å². The minimum absolute atomic E-state index is 0.259. The lowest BCUT2D eigenvalue weighted by Crippen LogP contribution is -2.28. The van der Waals surface area contributed by atoms with Gasteiger partial charge in [0.05, 0.1) is 4.90 Å². The summed E-state index contributed by atoms with van der Waals surface area (Å²) in [5, 5.41) is 0. The summed E-state index contributed by atoms with van der Waals surface area (Å²) in [6.07, 6.45) is 3.23. The molecule has 0 amide bonds. The first kappa shape index (κ1) is 16.5. The molecule has 1 N–H and O–H groups in total. The Morgan fingerprint density at radius 2 is 1.73 bits per heavy atom. The van der Waals surface area contributed by atoms with Crippen LogP contribution in [0.5, 0.6) is 0 Å². The summed E-state index contributed by atoms with van der Waals surface area (Å²) in [5.74, 6) is 0. The number of nitrogens with one attached hydrogen (secondary N) is 1. The Kier molecular flexibility index (Phi) is 5.52. The molecular weight excluding hydrogens is 294 g/mol. The van der Waals surface area contributed by atoms with Gasteiger partial charge in [-0.15, -0.1) is 6.58 Å². The van der Waals surface area contributed by atoms with Gasteiger partial charge >= 0.3 is 0 Å². The highest BCUT2D eigenvalue weighted by Crippen LogP contribution is 2.22. The Morgan fingerprint density at radius 3 is 2.32 bits per heavy atom. The average Bonchev–Trinajstić information content (AvgIpc) is 2.52. The van der Waals surface area contributed by atoms with Gasteiger partial charge < -0.3 is 0 Å². The van der Waals surface area contributed by atoms with E-state index in [0.29, 0.717) is 6.42 Å². The van der Waals surface area contributed by atoms with Crippen molar-refractivity contribution in [3.05, 3.63) is 78.4 Å². The molecule has 0 saturated carbocycles. The third-order valence-electron chi connectivity index (χ3n) is 3.49. The van der Waals surface area contributed by atoms with E-state index < -0.39 is 10.0 Å². The minimum atomic E-state index is -3.54. The molecule has 0 bridgehead atoms. The molecule has 0 unspecified atom stereocenters. The fourth-order valence-corrected chi connectivity index (χ4v) is 3.50.